The van der Waals surface area contributed by atoms with Crippen LogP contribution in [0.2, 0.25) is 0 Å². The smallest absolute Gasteiger partial charge is 0.191 e. The lowest BCUT2D eigenvalue weighted by Gasteiger charge is -2.26. The van der Waals surface area contributed by atoms with Crippen molar-refractivity contribution in [2.75, 3.05) is 45.8 Å². The fourth-order valence-corrected chi connectivity index (χ4v) is 2.74. The first kappa shape index (κ1) is 21.8. The molecule has 0 spiro atoms. The number of ether oxygens (including phenoxy) is 2. The summed E-state index contributed by atoms with van der Waals surface area (Å²) in [4.78, 5) is 6.67. The van der Waals surface area contributed by atoms with Gasteiger partial charge in [-0.1, -0.05) is 12.1 Å². The lowest BCUT2D eigenvalue weighted by Crippen LogP contribution is -2.49. The third kappa shape index (κ3) is 6.22. The van der Waals surface area contributed by atoms with Crippen molar-refractivity contribution in [3.05, 3.63) is 24.3 Å². The van der Waals surface area contributed by atoms with E-state index < -0.39 is 0 Å². The highest BCUT2D eigenvalue weighted by Gasteiger charge is 2.25. The monoisotopic (exact) mass is 462 g/mol. The summed E-state index contributed by atoms with van der Waals surface area (Å²) in [6.07, 6.45) is 1.06. The predicted octanol–water partition coefficient (Wildman–Crippen LogP) is 2.48. The van der Waals surface area contributed by atoms with Gasteiger partial charge in [0.1, 0.15) is 5.75 Å². The number of nitrogens with zero attached hydrogens (tertiary/aromatic N) is 2. The molecule has 1 aliphatic rings. The van der Waals surface area contributed by atoms with Crippen molar-refractivity contribution >= 4 is 35.6 Å². The molecule has 1 fully saturated rings. The molecular weight excluding hydrogens is 431 g/mol. The summed E-state index contributed by atoms with van der Waals surface area (Å²) >= 11 is 0. The van der Waals surface area contributed by atoms with E-state index in [1.807, 2.05) is 32.0 Å². The molecule has 0 bridgehead atoms. The van der Waals surface area contributed by atoms with E-state index in [9.17, 15) is 0 Å². The molecule has 2 N–H and O–H groups in total. The molecule has 0 aromatic heterocycles. The molecule has 1 heterocycles. The van der Waals surface area contributed by atoms with E-state index in [0.29, 0.717) is 12.6 Å². The molecule has 142 valence electrons. The van der Waals surface area contributed by atoms with E-state index in [-0.39, 0.29) is 29.6 Å². The van der Waals surface area contributed by atoms with Crippen LogP contribution in [-0.4, -0.2) is 58.5 Å². The molecule has 1 aromatic rings. The predicted molar refractivity (Wildman–Crippen MR) is 115 cm³/mol. The molecular formula is C18H31IN4O2. The molecule has 7 heteroatoms. The van der Waals surface area contributed by atoms with Crippen LogP contribution in [0, 0.1) is 0 Å². The second kappa shape index (κ2) is 10.1. The van der Waals surface area contributed by atoms with Crippen LogP contribution in [0.4, 0.5) is 5.69 Å². The molecule has 1 aliphatic heterocycles. The lowest BCUT2D eigenvalue weighted by molar-refractivity contribution is 0.0268. The number of hydrogen-bond donors (Lipinski definition) is 2. The maximum Gasteiger partial charge on any atom is 0.191 e. The summed E-state index contributed by atoms with van der Waals surface area (Å²) in [5, 5.41) is 6.84. The van der Waals surface area contributed by atoms with Gasteiger partial charge in [-0.05, 0) is 32.4 Å². The quantitative estimate of drug-likeness (QED) is 0.387. The highest BCUT2D eigenvalue weighted by molar-refractivity contribution is 14.0. The van der Waals surface area contributed by atoms with Crippen LogP contribution in [0.3, 0.4) is 0 Å². The first-order chi connectivity index (χ1) is 11.5. The van der Waals surface area contributed by atoms with E-state index in [1.54, 1.807) is 21.3 Å². The molecule has 0 aliphatic carbocycles. The van der Waals surface area contributed by atoms with Crippen LogP contribution in [0.1, 0.15) is 20.3 Å². The van der Waals surface area contributed by atoms with Crippen LogP contribution >= 0.6 is 24.0 Å². The molecule has 1 saturated heterocycles. The largest absolute Gasteiger partial charge is 0.495 e. The average Bonchev–Trinajstić information content (AvgIpc) is 3.06. The summed E-state index contributed by atoms with van der Waals surface area (Å²) in [6.45, 7) is 6.72. The Balaban J connectivity index is 0.00000312. The van der Waals surface area contributed by atoms with E-state index >= 15 is 0 Å². The van der Waals surface area contributed by atoms with Crippen molar-refractivity contribution in [2.24, 2.45) is 4.99 Å². The summed E-state index contributed by atoms with van der Waals surface area (Å²) in [5.41, 5.74) is 0.921. The van der Waals surface area contributed by atoms with Gasteiger partial charge in [-0.2, -0.15) is 0 Å². The highest BCUT2D eigenvalue weighted by atomic mass is 127. The van der Waals surface area contributed by atoms with Gasteiger partial charge in [0.25, 0.3) is 0 Å². The third-order valence-electron chi connectivity index (χ3n) is 4.41. The minimum Gasteiger partial charge on any atom is -0.495 e. The topological polar surface area (TPSA) is 58.1 Å². The molecule has 1 unspecified atom stereocenters. The standard InChI is InChI=1S/C18H30N4O2.HI/c1-18(2,24-5)13-20-17(19-3)21-14-10-11-22(12-14)15-8-6-7-9-16(15)23-4;/h6-9,14H,10-13H2,1-5H3,(H2,19,20,21);1H. The van der Waals surface area contributed by atoms with Crippen LogP contribution < -0.4 is 20.3 Å². The van der Waals surface area contributed by atoms with Gasteiger partial charge < -0.3 is 25.0 Å². The zero-order chi connectivity index (χ0) is 17.6. The van der Waals surface area contributed by atoms with Crippen molar-refractivity contribution in [1.29, 1.82) is 0 Å². The first-order valence-electron chi connectivity index (χ1n) is 8.39. The van der Waals surface area contributed by atoms with E-state index in [1.165, 1.54) is 0 Å². The van der Waals surface area contributed by atoms with E-state index in [2.05, 4.69) is 26.6 Å². The number of nitrogens with one attached hydrogen (secondary N) is 2. The summed E-state index contributed by atoms with van der Waals surface area (Å²) in [5.74, 6) is 1.73. The SMILES string of the molecule is CN=C(NCC(C)(C)OC)NC1CCN(c2ccccc2OC)C1.I. The van der Waals surface area contributed by atoms with Crippen LogP contribution in [0.15, 0.2) is 29.3 Å². The fourth-order valence-electron chi connectivity index (χ4n) is 2.74. The van der Waals surface area contributed by atoms with Gasteiger partial charge in [-0.25, -0.2) is 0 Å². The second-order valence-electron chi connectivity index (χ2n) is 6.64. The first-order valence-corrected chi connectivity index (χ1v) is 8.39. The Bertz CT molecular complexity index is 566. The summed E-state index contributed by atoms with van der Waals surface area (Å²) in [7, 11) is 5.23. The van der Waals surface area contributed by atoms with Crippen molar-refractivity contribution < 1.29 is 9.47 Å². The Labute approximate surface area is 168 Å². The molecule has 2 rings (SSSR count). The number of rotatable bonds is 6. The van der Waals surface area contributed by atoms with E-state index in [4.69, 9.17) is 9.47 Å². The number of para-hydroxylation sites is 2. The number of aliphatic imine (C=N–C) groups is 1. The number of methoxy groups -OCH3 is 2. The van der Waals surface area contributed by atoms with Gasteiger partial charge in [-0.3, -0.25) is 4.99 Å². The summed E-state index contributed by atoms with van der Waals surface area (Å²) < 4.78 is 10.9. The van der Waals surface area contributed by atoms with Crippen LogP contribution in [-0.2, 0) is 4.74 Å². The maximum absolute atomic E-state index is 5.47. The Hall–Kier alpha value is -1.22. The highest BCUT2D eigenvalue weighted by Crippen LogP contribution is 2.30. The molecule has 1 aromatic carbocycles. The zero-order valence-corrected chi connectivity index (χ0v) is 18.2. The lowest BCUT2D eigenvalue weighted by atomic mass is 10.1. The van der Waals surface area contributed by atoms with Gasteiger partial charge in [-0.15, -0.1) is 24.0 Å². The number of hydrogen-bond acceptors (Lipinski definition) is 4. The van der Waals surface area contributed by atoms with Crippen LogP contribution in [0.25, 0.3) is 0 Å². The maximum atomic E-state index is 5.47. The molecule has 0 saturated carbocycles. The number of benzene rings is 1. The Morgan fingerprint density at radius 1 is 1.32 bits per heavy atom. The fraction of sp³-hybridized carbons (Fsp3) is 0.611. The second-order valence-corrected chi connectivity index (χ2v) is 6.64. The van der Waals surface area contributed by atoms with E-state index in [0.717, 1.165) is 36.9 Å². The third-order valence-corrected chi connectivity index (χ3v) is 4.41. The van der Waals surface area contributed by atoms with Gasteiger partial charge >= 0.3 is 0 Å². The molecule has 1 atom stereocenters. The van der Waals surface area contributed by atoms with Gasteiger partial charge in [0, 0.05) is 39.8 Å². The zero-order valence-electron chi connectivity index (χ0n) is 15.8. The van der Waals surface area contributed by atoms with Gasteiger partial charge in [0.2, 0.25) is 0 Å². The van der Waals surface area contributed by atoms with Crippen molar-refractivity contribution in [3.8, 4) is 5.75 Å². The number of halogens is 1. The van der Waals surface area contributed by atoms with Gasteiger partial charge in [0.05, 0.1) is 18.4 Å². The van der Waals surface area contributed by atoms with Crippen molar-refractivity contribution in [2.45, 2.75) is 31.9 Å². The number of guanidine groups is 1. The average molecular weight is 462 g/mol. The van der Waals surface area contributed by atoms with Gasteiger partial charge in [0.15, 0.2) is 5.96 Å². The number of anilines is 1. The minimum atomic E-state index is -0.225. The van der Waals surface area contributed by atoms with Crippen molar-refractivity contribution in [3.63, 3.8) is 0 Å². The molecule has 6 nitrogen and oxygen atoms in total. The molecule has 25 heavy (non-hydrogen) atoms. The molecule has 0 amide bonds. The van der Waals surface area contributed by atoms with Crippen molar-refractivity contribution in [1.82, 2.24) is 10.6 Å². The summed E-state index contributed by atoms with van der Waals surface area (Å²) in [6, 6.07) is 8.51. The Morgan fingerprint density at radius 2 is 2.04 bits per heavy atom. The normalized spacial score (nSPS) is 17.9. The Morgan fingerprint density at radius 3 is 2.68 bits per heavy atom. The van der Waals surface area contributed by atoms with Crippen LogP contribution in [0.5, 0.6) is 5.75 Å². The molecule has 0 radical (unpaired) electrons. The Kier molecular flexibility index (Phi) is 8.78. The minimum absolute atomic E-state index is 0.